The SMILES string of the molecule is CC/N=c1\ccc2c(-c3ccc(C(C)=O)cc3C(=O)O)c3ccc(N)c(S(=O)(=O)O)c3oc-2c1S(=O)(=O)O. The van der Waals surface area contributed by atoms with Gasteiger partial charge in [0.05, 0.1) is 16.6 Å². The van der Waals surface area contributed by atoms with Crippen molar-refractivity contribution in [3.63, 3.8) is 0 Å². The zero-order valence-electron chi connectivity index (χ0n) is 19.8. The molecule has 0 aromatic heterocycles. The molecule has 2 aromatic carbocycles. The summed E-state index contributed by atoms with van der Waals surface area (Å²) in [6.07, 6.45) is 0. The molecule has 5 N–H and O–H groups in total. The quantitative estimate of drug-likeness (QED) is 0.116. The second kappa shape index (κ2) is 9.33. The zero-order valence-corrected chi connectivity index (χ0v) is 21.4. The van der Waals surface area contributed by atoms with Crippen LogP contribution in [-0.4, -0.2) is 49.3 Å². The molecular formula is C24H20N2O10S2. The highest BCUT2D eigenvalue weighted by Crippen LogP contribution is 2.45. The highest BCUT2D eigenvalue weighted by atomic mass is 32.2. The Morgan fingerprint density at radius 3 is 2.13 bits per heavy atom. The third kappa shape index (κ3) is 4.54. The van der Waals surface area contributed by atoms with Gasteiger partial charge in [-0.2, -0.15) is 16.8 Å². The van der Waals surface area contributed by atoms with Crippen molar-refractivity contribution in [3.05, 3.63) is 58.9 Å². The van der Waals surface area contributed by atoms with Gasteiger partial charge in [0.2, 0.25) is 0 Å². The fraction of sp³-hybridized carbons (Fsp3) is 0.125. The molecule has 2 aliphatic rings. The van der Waals surface area contributed by atoms with Crippen LogP contribution in [0.15, 0.2) is 61.7 Å². The molecule has 0 saturated heterocycles. The first-order valence-corrected chi connectivity index (χ1v) is 13.7. The van der Waals surface area contributed by atoms with Gasteiger partial charge in [0.25, 0.3) is 20.2 Å². The molecule has 0 bridgehead atoms. The molecule has 1 heterocycles. The minimum atomic E-state index is -5.06. The number of nitrogens with zero attached hydrogens (tertiary/aromatic N) is 1. The third-order valence-electron chi connectivity index (χ3n) is 5.75. The first-order chi connectivity index (χ1) is 17.7. The standard InChI is InChI=1S/C24H20N2O10S2/c1-3-26-18-9-7-15-19(13-5-4-12(11(2)27)10-16(13)24(28)29)14-6-8-17(25)22(37(30,31)32)20(14)36-21(15)23(18)38(33,34)35/h4-10H,3,25H2,1-2H3,(H,28,29)(H,30,31,32)(H,33,34,35)/b26-18+. The number of anilines is 1. The summed E-state index contributed by atoms with van der Waals surface area (Å²) in [6, 6.07) is 8.85. The predicted octanol–water partition coefficient (Wildman–Crippen LogP) is 3.10. The molecule has 1 aliphatic heterocycles. The van der Waals surface area contributed by atoms with Crippen LogP contribution in [0.3, 0.4) is 0 Å². The Kier molecular flexibility index (Phi) is 6.61. The maximum atomic E-state index is 12.5. The lowest BCUT2D eigenvalue weighted by Gasteiger charge is -2.20. The molecule has 0 unspecified atom stereocenters. The normalized spacial score (nSPS) is 12.8. The summed E-state index contributed by atoms with van der Waals surface area (Å²) < 4.78 is 75.3. The number of hydrogen-bond acceptors (Lipinski definition) is 9. The lowest BCUT2D eigenvalue weighted by atomic mass is 9.89. The van der Waals surface area contributed by atoms with Gasteiger partial charge in [-0.3, -0.25) is 18.9 Å². The molecule has 4 rings (SSSR count). The van der Waals surface area contributed by atoms with Gasteiger partial charge in [0.15, 0.2) is 26.9 Å². The van der Waals surface area contributed by atoms with Crippen molar-refractivity contribution in [1.29, 1.82) is 0 Å². The van der Waals surface area contributed by atoms with E-state index in [0.717, 1.165) is 12.1 Å². The van der Waals surface area contributed by atoms with Gasteiger partial charge in [-0.15, -0.1) is 0 Å². The Bertz CT molecular complexity index is 1920. The van der Waals surface area contributed by atoms with E-state index >= 15 is 0 Å². The second-order valence-corrected chi connectivity index (χ2v) is 10.9. The molecule has 38 heavy (non-hydrogen) atoms. The number of hydrogen-bond donors (Lipinski definition) is 4. The number of fused-ring (bicyclic) bond motifs is 2. The first kappa shape index (κ1) is 26.9. The van der Waals surface area contributed by atoms with Crippen molar-refractivity contribution in [2.75, 3.05) is 12.3 Å². The van der Waals surface area contributed by atoms with Gasteiger partial charge in [-0.1, -0.05) is 12.1 Å². The van der Waals surface area contributed by atoms with Gasteiger partial charge >= 0.3 is 5.97 Å². The summed E-state index contributed by atoms with van der Waals surface area (Å²) >= 11 is 0. The number of carboxylic acids is 1. The van der Waals surface area contributed by atoms with Crippen molar-refractivity contribution in [3.8, 4) is 22.5 Å². The van der Waals surface area contributed by atoms with Gasteiger partial charge in [-0.25, -0.2) is 4.79 Å². The lowest BCUT2D eigenvalue weighted by Crippen LogP contribution is -2.18. The average Bonchev–Trinajstić information content (AvgIpc) is 2.80. The van der Waals surface area contributed by atoms with Crippen LogP contribution in [0, 0.1) is 0 Å². The predicted molar refractivity (Wildman–Crippen MR) is 135 cm³/mol. The number of Topliss-reactive ketones (excluding diaryl/α,β-unsaturated/α-hetero) is 1. The number of carbonyl (C=O) groups excluding carboxylic acids is 1. The molecule has 12 nitrogen and oxygen atoms in total. The van der Waals surface area contributed by atoms with Crippen LogP contribution in [0.4, 0.5) is 5.69 Å². The molecule has 0 saturated carbocycles. The smallest absolute Gasteiger partial charge is 0.336 e. The maximum Gasteiger partial charge on any atom is 0.336 e. The van der Waals surface area contributed by atoms with Crippen molar-refractivity contribution in [2.24, 2.45) is 4.99 Å². The average molecular weight is 561 g/mol. The summed E-state index contributed by atoms with van der Waals surface area (Å²) in [7, 11) is -10.1. The monoisotopic (exact) mass is 560 g/mol. The summed E-state index contributed by atoms with van der Waals surface area (Å²) in [5.41, 5.74) is 4.39. The highest BCUT2D eigenvalue weighted by molar-refractivity contribution is 7.86. The van der Waals surface area contributed by atoms with Crippen LogP contribution in [-0.2, 0) is 20.2 Å². The number of ketones is 1. The van der Waals surface area contributed by atoms with E-state index in [0.29, 0.717) is 0 Å². The molecule has 198 valence electrons. The van der Waals surface area contributed by atoms with Crippen LogP contribution in [0.5, 0.6) is 0 Å². The summed E-state index contributed by atoms with van der Waals surface area (Å²) in [5, 5.41) is 9.70. The zero-order chi connectivity index (χ0) is 28.2. The molecule has 0 fully saturated rings. The van der Waals surface area contributed by atoms with Crippen LogP contribution in [0.1, 0.15) is 34.6 Å². The van der Waals surface area contributed by atoms with Gasteiger partial charge in [-0.05, 0) is 49.7 Å². The molecule has 1 aliphatic carbocycles. The summed E-state index contributed by atoms with van der Waals surface area (Å²) in [4.78, 5) is 26.5. The van der Waals surface area contributed by atoms with Gasteiger partial charge < -0.3 is 15.3 Å². The molecule has 0 amide bonds. The number of nitrogen functional groups attached to an aromatic ring is 1. The summed E-state index contributed by atoms with van der Waals surface area (Å²) in [6.45, 7) is 2.95. The number of carboxylic acid groups (broad SMARTS) is 1. The van der Waals surface area contributed by atoms with E-state index < -0.39 is 58.8 Å². The fourth-order valence-corrected chi connectivity index (χ4v) is 5.77. The minimum absolute atomic E-state index is 0.0217. The fourth-order valence-electron chi connectivity index (χ4n) is 4.23. The first-order valence-electron chi connectivity index (χ1n) is 10.8. The second-order valence-electron chi connectivity index (χ2n) is 8.17. The maximum absolute atomic E-state index is 12.5. The van der Waals surface area contributed by atoms with Crippen LogP contribution < -0.4 is 11.1 Å². The number of carbonyl (C=O) groups is 2. The van der Waals surface area contributed by atoms with E-state index in [-0.39, 0.29) is 45.1 Å². The van der Waals surface area contributed by atoms with E-state index in [2.05, 4.69) is 4.99 Å². The van der Waals surface area contributed by atoms with E-state index in [9.17, 15) is 40.6 Å². The Morgan fingerprint density at radius 1 is 0.947 bits per heavy atom. The van der Waals surface area contributed by atoms with Gasteiger partial charge in [0, 0.05) is 28.6 Å². The van der Waals surface area contributed by atoms with Crippen molar-refractivity contribution < 1.29 is 45.1 Å². The molecule has 14 heteroatoms. The topological polar surface area (TPSA) is 215 Å². The van der Waals surface area contributed by atoms with Crippen molar-refractivity contribution in [1.82, 2.24) is 0 Å². The number of nitrogens with two attached hydrogens (primary N) is 1. The van der Waals surface area contributed by atoms with Crippen LogP contribution in [0.2, 0.25) is 0 Å². The Hall–Kier alpha value is -4.11. The van der Waals surface area contributed by atoms with Crippen molar-refractivity contribution >= 4 is 48.6 Å². The number of rotatable bonds is 6. The van der Waals surface area contributed by atoms with E-state index in [1.807, 2.05) is 0 Å². The molecule has 0 atom stereocenters. The third-order valence-corrected chi connectivity index (χ3v) is 7.59. The van der Waals surface area contributed by atoms with Crippen molar-refractivity contribution in [2.45, 2.75) is 23.6 Å². The lowest BCUT2D eigenvalue weighted by molar-refractivity contribution is 0.0697. The summed E-state index contributed by atoms with van der Waals surface area (Å²) in [5.74, 6) is -2.42. The van der Waals surface area contributed by atoms with Gasteiger partial charge in [0.1, 0.15) is 0 Å². The van der Waals surface area contributed by atoms with E-state index in [1.54, 1.807) is 6.92 Å². The Morgan fingerprint density at radius 2 is 1.58 bits per heavy atom. The van der Waals surface area contributed by atoms with Crippen LogP contribution >= 0.6 is 0 Å². The van der Waals surface area contributed by atoms with E-state index in [1.165, 1.54) is 37.3 Å². The minimum Gasteiger partial charge on any atom is -0.478 e. The largest absolute Gasteiger partial charge is 0.478 e. The highest BCUT2D eigenvalue weighted by Gasteiger charge is 2.32. The molecule has 0 radical (unpaired) electrons. The molecular weight excluding hydrogens is 540 g/mol. The number of benzene rings is 3. The van der Waals surface area contributed by atoms with Crippen LogP contribution in [0.25, 0.3) is 33.4 Å². The Labute approximate surface area is 215 Å². The van der Waals surface area contributed by atoms with E-state index in [4.69, 9.17) is 10.2 Å². The number of aromatic carboxylic acids is 1. The molecule has 0 spiro atoms. The Balaban J connectivity index is 2.39. The molecule has 2 aromatic rings.